The van der Waals surface area contributed by atoms with Crippen molar-refractivity contribution < 1.29 is 5.11 Å². The highest BCUT2D eigenvalue weighted by Crippen LogP contribution is 1.99. The Balaban J connectivity index is 3.53. The van der Waals surface area contributed by atoms with Crippen LogP contribution in [0.2, 0.25) is 0 Å². The average Bonchev–Trinajstić information content (AvgIpc) is 1.88. The molecule has 0 aromatic carbocycles. The average molecular weight is 147 g/mol. The Kier molecular flexibility index (Phi) is 5.51. The van der Waals surface area contributed by atoms with Gasteiger partial charge in [0.25, 0.3) is 0 Å². The zero-order valence-corrected chi connectivity index (χ0v) is 6.01. The molecule has 0 aromatic heterocycles. The third kappa shape index (κ3) is 4.14. The van der Waals surface area contributed by atoms with Crippen LogP contribution in [0, 0.1) is 0 Å². The molecule has 0 fully saturated rings. The van der Waals surface area contributed by atoms with Crippen molar-refractivity contribution in [2.75, 3.05) is 18.6 Å². The summed E-state index contributed by atoms with van der Waals surface area (Å²) < 4.78 is 0. The minimum absolute atomic E-state index is 0.0646. The van der Waals surface area contributed by atoms with E-state index in [1.54, 1.807) is 11.8 Å². The van der Waals surface area contributed by atoms with Crippen LogP contribution >= 0.6 is 11.8 Å². The monoisotopic (exact) mass is 147 g/mol. The van der Waals surface area contributed by atoms with Crippen molar-refractivity contribution in [1.29, 1.82) is 0 Å². The first-order valence-corrected chi connectivity index (χ1v) is 3.88. The van der Waals surface area contributed by atoms with E-state index in [0.29, 0.717) is 5.75 Å². The van der Waals surface area contributed by atoms with E-state index in [1.165, 1.54) is 0 Å². The van der Waals surface area contributed by atoms with Crippen molar-refractivity contribution in [2.24, 2.45) is 5.11 Å². The van der Waals surface area contributed by atoms with Gasteiger partial charge in [0.05, 0.1) is 12.6 Å². The van der Waals surface area contributed by atoms with E-state index in [0.717, 1.165) is 0 Å². The fraction of sp³-hybridized carbons (Fsp3) is 1.00. The van der Waals surface area contributed by atoms with Crippen LogP contribution in [-0.2, 0) is 0 Å². The summed E-state index contributed by atoms with van der Waals surface area (Å²) in [6.07, 6.45) is 1.90. The number of aliphatic hydroxyl groups is 1. The molecule has 0 amide bonds. The zero-order valence-electron chi connectivity index (χ0n) is 5.19. The molecule has 4 nitrogen and oxygen atoms in total. The topological polar surface area (TPSA) is 69.0 Å². The van der Waals surface area contributed by atoms with Crippen molar-refractivity contribution in [1.82, 2.24) is 0 Å². The molecule has 0 heterocycles. The third-order valence-electron chi connectivity index (χ3n) is 0.785. The summed E-state index contributed by atoms with van der Waals surface area (Å²) in [5.74, 6) is 0.681. The van der Waals surface area contributed by atoms with E-state index >= 15 is 0 Å². The smallest absolute Gasteiger partial charge is 0.0695 e. The Bertz CT molecular complexity index is 112. The Morgan fingerprint density at radius 2 is 2.56 bits per heavy atom. The van der Waals surface area contributed by atoms with E-state index in [2.05, 4.69) is 10.0 Å². The Labute approximate surface area is 57.9 Å². The van der Waals surface area contributed by atoms with Crippen molar-refractivity contribution in [3.05, 3.63) is 10.4 Å². The Morgan fingerprint density at radius 1 is 1.89 bits per heavy atom. The predicted molar refractivity (Wildman–Crippen MR) is 38.4 cm³/mol. The molecule has 0 spiro atoms. The zero-order chi connectivity index (χ0) is 7.11. The summed E-state index contributed by atoms with van der Waals surface area (Å²) >= 11 is 1.55. The molecule has 52 valence electrons. The van der Waals surface area contributed by atoms with Crippen LogP contribution < -0.4 is 0 Å². The molecule has 0 rings (SSSR count). The maximum absolute atomic E-state index is 8.51. The highest BCUT2D eigenvalue weighted by Gasteiger charge is 2.00. The quantitative estimate of drug-likeness (QED) is 0.366. The van der Waals surface area contributed by atoms with Gasteiger partial charge in [-0.25, -0.2) is 0 Å². The number of nitrogens with zero attached hydrogens (tertiary/aromatic N) is 3. The predicted octanol–water partition coefficient (Wildman–Crippen LogP) is 1.02. The van der Waals surface area contributed by atoms with E-state index in [-0.39, 0.29) is 12.6 Å². The van der Waals surface area contributed by atoms with Gasteiger partial charge in [0.2, 0.25) is 0 Å². The van der Waals surface area contributed by atoms with Crippen molar-refractivity contribution in [3.63, 3.8) is 0 Å². The molecule has 0 bridgehead atoms. The van der Waals surface area contributed by atoms with Crippen LogP contribution in [0.25, 0.3) is 10.4 Å². The standard InChI is InChI=1S/C4H9N3OS/c1-9-3-4(2-8)6-7-5/h4,8H,2-3H2,1H3. The lowest BCUT2D eigenvalue weighted by molar-refractivity contribution is 0.275. The Hall–Kier alpha value is -0.380. The molecule has 5 heteroatoms. The molecular weight excluding hydrogens is 138 g/mol. The lowest BCUT2D eigenvalue weighted by Gasteiger charge is -2.01. The summed E-state index contributed by atoms with van der Waals surface area (Å²) in [7, 11) is 0. The minimum Gasteiger partial charge on any atom is -0.396 e. The lowest BCUT2D eigenvalue weighted by Crippen LogP contribution is -2.11. The normalized spacial score (nSPS) is 12.2. The number of hydrogen-bond donors (Lipinski definition) is 1. The number of thioether (sulfide) groups is 1. The summed E-state index contributed by atoms with van der Waals surface area (Å²) in [5.41, 5.74) is 7.93. The highest BCUT2D eigenvalue weighted by atomic mass is 32.2. The van der Waals surface area contributed by atoms with Crippen molar-refractivity contribution in [2.45, 2.75) is 6.04 Å². The van der Waals surface area contributed by atoms with Gasteiger partial charge in [-0.05, 0) is 11.8 Å². The van der Waals surface area contributed by atoms with Gasteiger partial charge in [-0.2, -0.15) is 11.8 Å². The second-order valence-corrected chi connectivity index (χ2v) is 2.41. The van der Waals surface area contributed by atoms with E-state index in [4.69, 9.17) is 10.6 Å². The van der Waals surface area contributed by atoms with Gasteiger partial charge in [-0.1, -0.05) is 5.11 Å². The molecule has 1 atom stereocenters. The fourth-order valence-electron chi connectivity index (χ4n) is 0.388. The number of rotatable bonds is 4. The molecule has 0 aliphatic carbocycles. The molecule has 9 heavy (non-hydrogen) atoms. The van der Waals surface area contributed by atoms with Gasteiger partial charge in [-0.15, -0.1) is 0 Å². The molecule has 0 saturated heterocycles. The van der Waals surface area contributed by atoms with Gasteiger partial charge >= 0.3 is 0 Å². The van der Waals surface area contributed by atoms with Gasteiger partial charge in [-0.3, -0.25) is 0 Å². The number of aliphatic hydroxyl groups excluding tert-OH is 1. The first kappa shape index (κ1) is 8.62. The van der Waals surface area contributed by atoms with Gasteiger partial charge in [0.1, 0.15) is 0 Å². The number of azide groups is 1. The maximum Gasteiger partial charge on any atom is 0.0695 e. The maximum atomic E-state index is 8.51. The van der Waals surface area contributed by atoms with Crippen LogP contribution in [-0.4, -0.2) is 29.8 Å². The molecule has 0 aliphatic heterocycles. The van der Waals surface area contributed by atoms with Crippen LogP contribution in [0.5, 0.6) is 0 Å². The first-order valence-electron chi connectivity index (χ1n) is 2.49. The minimum atomic E-state index is -0.259. The Morgan fingerprint density at radius 3 is 2.89 bits per heavy atom. The second kappa shape index (κ2) is 5.75. The summed E-state index contributed by atoms with van der Waals surface area (Å²) in [4.78, 5) is 2.58. The van der Waals surface area contributed by atoms with Crippen LogP contribution in [0.3, 0.4) is 0 Å². The molecule has 1 unspecified atom stereocenters. The molecular formula is C4H9N3OS. The third-order valence-corrected chi connectivity index (χ3v) is 1.50. The van der Waals surface area contributed by atoms with E-state index < -0.39 is 0 Å². The first-order chi connectivity index (χ1) is 4.35. The van der Waals surface area contributed by atoms with Gasteiger partial charge in [0.15, 0.2) is 0 Å². The SMILES string of the molecule is CSCC(CO)N=[N+]=[N-]. The largest absolute Gasteiger partial charge is 0.396 e. The van der Waals surface area contributed by atoms with E-state index in [9.17, 15) is 0 Å². The van der Waals surface area contributed by atoms with Crippen LogP contribution in [0.4, 0.5) is 0 Å². The van der Waals surface area contributed by atoms with Crippen LogP contribution in [0.1, 0.15) is 0 Å². The van der Waals surface area contributed by atoms with Crippen LogP contribution in [0.15, 0.2) is 5.11 Å². The second-order valence-electron chi connectivity index (χ2n) is 1.50. The summed E-state index contributed by atoms with van der Waals surface area (Å²) in [6, 6.07) is -0.259. The molecule has 0 radical (unpaired) electrons. The summed E-state index contributed by atoms with van der Waals surface area (Å²) in [5, 5.41) is 11.9. The van der Waals surface area contributed by atoms with E-state index in [1.807, 2.05) is 6.26 Å². The van der Waals surface area contributed by atoms with Crippen molar-refractivity contribution in [3.8, 4) is 0 Å². The van der Waals surface area contributed by atoms with Crippen molar-refractivity contribution >= 4 is 11.8 Å². The van der Waals surface area contributed by atoms with Gasteiger partial charge < -0.3 is 5.11 Å². The summed E-state index contributed by atoms with van der Waals surface area (Å²) in [6.45, 7) is -0.0646. The fourth-order valence-corrected chi connectivity index (χ4v) is 0.945. The molecule has 0 aliphatic rings. The molecule has 1 N–H and O–H groups in total. The molecule has 0 aromatic rings. The van der Waals surface area contributed by atoms with Gasteiger partial charge in [0, 0.05) is 10.7 Å². The number of hydrogen-bond acceptors (Lipinski definition) is 3. The highest BCUT2D eigenvalue weighted by molar-refractivity contribution is 7.98. The lowest BCUT2D eigenvalue weighted by atomic mass is 10.4. The molecule has 0 saturated carbocycles.